The highest BCUT2D eigenvalue weighted by molar-refractivity contribution is 7.09. The topological polar surface area (TPSA) is 38.9 Å². The third-order valence-corrected chi connectivity index (χ3v) is 3.86. The monoisotopic (exact) mass is 210 g/mol. The van der Waals surface area contributed by atoms with Crippen LogP contribution in [0.5, 0.6) is 0 Å². The first-order chi connectivity index (χ1) is 6.62. The SMILES string of the molecule is CC1(C)Cc2scnc2C(CCN)C1. The molecular weight excluding hydrogens is 192 g/mol. The van der Waals surface area contributed by atoms with Gasteiger partial charge in [0.2, 0.25) is 0 Å². The first-order valence-electron chi connectivity index (χ1n) is 5.25. The van der Waals surface area contributed by atoms with Crippen molar-refractivity contribution >= 4 is 11.3 Å². The number of nitrogens with two attached hydrogens (primary N) is 1. The van der Waals surface area contributed by atoms with E-state index in [-0.39, 0.29) is 0 Å². The predicted octanol–water partition coefficient (Wildman–Crippen LogP) is 2.55. The minimum absolute atomic E-state index is 0.430. The molecule has 0 aromatic carbocycles. The van der Waals surface area contributed by atoms with Crippen molar-refractivity contribution in [1.29, 1.82) is 0 Å². The molecule has 0 aliphatic heterocycles. The average Bonchev–Trinajstić information content (AvgIpc) is 2.50. The first kappa shape index (κ1) is 10.1. The van der Waals surface area contributed by atoms with E-state index in [4.69, 9.17) is 5.73 Å². The summed E-state index contributed by atoms with van der Waals surface area (Å²) in [6, 6.07) is 0. The second-order valence-corrected chi connectivity index (χ2v) is 5.92. The number of hydrogen-bond donors (Lipinski definition) is 1. The van der Waals surface area contributed by atoms with Crippen LogP contribution in [0.4, 0.5) is 0 Å². The molecule has 0 spiro atoms. The molecule has 3 heteroatoms. The standard InChI is InChI=1S/C11H18N2S/c1-11(2)5-8(3-4-12)10-9(6-11)14-7-13-10/h7-8H,3-6,12H2,1-2H3. The molecule has 1 aliphatic carbocycles. The van der Waals surface area contributed by atoms with Gasteiger partial charge in [-0.05, 0) is 31.2 Å². The van der Waals surface area contributed by atoms with E-state index in [2.05, 4.69) is 18.8 Å². The summed E-state index contributed by atoms with van der Waals surface area (Å²) < 4.78 is 0. The van der Waals surface area contributed by atoms with Gasteiger partial charge in [-0.25, -0.2) is 4.98 Å². The molecule has 0 radical (unpaired) electrons. The van der Waals surface area contributed by atoms with Gasteiger partial charge in [0.15, 0.2) is 0 Å². The fourth-order valence-corrected chi connectivity index (χ4v) is 3.56. The molecule has 0 saturated carbocycles. The molecule has 0 fully saturated rings. The van der Waals surface area contributed by atoms with Gasteiger partial charge in [0, 0.05) is 10.8 Å². The molecule has 1 aliphatic rings. The molecule has 78 valence electrons. The highest BCUT2D eigenvalue weighted by Crippen LogP contribution is 2.43. The Bertz CT molecular complexity index is 317. The molecule has 1 aromatic heterocycles. The van der Waals surface area contributed by atoms with Gasteiger partial charge in [0.25, 0.3) is 0 Å². The summed E-state index contributed by atoms with van der Waals surface area (Å²) in [5.74, 6) is 0.602. The lowest BCUT2D eigenvalue weighted by Gasteiger charge is -2.34. The van der Waals surface area contributed by atoms with Crippen LogP contribution >= 0.6 is 11.3 Å². The summed E-state index contributed by atoms with van der Waals surface area (Å²) in [4.78, 5) is 5.97. The van der Waals surface area contributed by atoms with Crippen molar-refractivity contribution in [3.8, 4) is 0 Å². The summed E-state index contributed by atoms with van der Waals surface area (Å²) in [5, 5.41) is 0. The maximum absolute atomic E-state index is 5.65. The molecule has 0 bridgehead atoms. The highest BCUT2D eigenvalue weighted by atomic mass is 32.1. The van der Waals surface area contributed by atoms with Crippen molar-refractivity contribution < 1.29 is 0 Å². The summed E-state index contributed by atoms with van der Waals surface area (Å²) in [7, 11) is 0. The van der Waals surface area contributed by atoms with E-state index in [0.717, 1.165) is 13.0 Å². The zero-order chi connectivity index (χ0) is 10.2. The molecule has 1 aromatic rings. The predicted molar refractivity (Wildman–Crippen MR) is 60.6 cm³/mol. The Morgan fingerprint density at radius 3 is 3.14 bits per heavy atom. The van der Waals surface area contributed by atoms with Gasteiger partial charge in [0.05, 0.1) is 11.2 Å². The summed E-state index contributed by atoms with van der Waals surface area (Å²) in [6.45, 7) is 5.47. The van der Waals surface area contributed by atoms with Crippen LogP contribution in [0.3, 0.4) is 0 Å². The number of nitrogens with zero attached hydrogens (tertiary/aromatic N) is 1. The van der Waals surface area contributed by atoms with Gasteiger partial charge >= 0.3 is 0 Å². The first-order valence-corrected chi connectivity index (χ1v) is 6.13. The van der Waals surface area contributed by atoms with Crippen molar-refractivity contribution in [2.45, 2.75) is 39.0 Å². The second kappa shape index (κ2) is 3.63. The molecular formula is C11H18N2S. The Labute approximate surface area is 89.5 Å². The normalized spacial score (nSPS) is 24.6. The average molecular weight is 210 g/mol. The smallest absolute Gasteiger partial charge is 0.0797 e. The van der Waals surface area contributed by atoms with E-state index < -0.39 is 0 Å². The molecule has 2 rings (SSSR count). The van der Waals surface area contributed by atoms with Crippen LogP contribution in [0.2, 0.25) is 0 Å². The lowest BCUT2D eigenvalue weighted by atomic mass is 9.72. The lowest BCUT2D eigenvalue weighted by Crippen LogP contribution is -2.26. The lowest BCUT2D eigenvalue weighted by molar-refractivity contribution is 0.275. The number of fused-ring (bicyclic) bond motifs is 1. The van der Waals surface area contributed by atoms with Crippen LogP contribution < -0.4 is 5.73 Å². The Balaban J connectivity index is 2.28. The molecule has 2 nitrogen and oxygen atoms in total. The van der Waals surface area contributed by atoms with Crippen LogP contribution in [-0.4, -0.2) is 11.5 Å². The largest absolute Gasteiger partial charge is 0.330 e. The van der Waals surface area contributed by atoms with Crippen LogP contribution in [0.15, 0.2) is 5.51 Å². The van der Waals surface area contributed by atoms with Gasteiger partial charge in [0.1, 0.15) is 0 Å². The number of hydrogen-bond acceptors (Lipinski definition) is 3. The third-order valence-electron chi connectivity index (χ3n) is 3.01. The van der Waals surface area contributed by atoms with E-state index >= 15 is 0 Å². The minimum atomic E-state index is 0.430. The van der Waals surface area contributed by atoms with Crippen molar-refractivity contribution in [3.05, 3.63) is 16.1 Å². The number of aromatic nitrogens is 1. The zero-order valence-electron chi connectivity index (χ0n) is 8.92. The summed E-state index contributed by atoms with van der Waals surface area (Å²) >= 11 is 1.81. The van der Waals surface area contributed by atoms with Crippen LogP contribution in [0, 0.1) is 5.41 Å². The molecule has 2 N–H and O–H groups in total. The molecule has 14 heavy (non-hydrogen) atoms. The summed E-state index contributed by atoms with van der Waals surface area (Å²) in [6.07, 6.45) is 3.51. The van der Waals surface area contributed by atoms with Crippen LogP contribution in [0.25, 0.3) is 0 Å². The second-order valence-electron chi connectivity index (χ2n) is 4.98. The van der Waals surface area contributed by atoms with Gasteiger partial charge in [-0.1, -0.05) is 13.8 Å². The van der Waals surface area contributed by atoms with E-state index in [1.54, 1.807) is 11.3 Å². The Morgan fingerprint density at radius 2 is 2.43 bits per heavy atom. The zero-order valence-corrected chi connectivity index (χ0v) is 9.73. The molecule has 1 heterocycles. The van der Waals surface area contributed by atoms with Crippen molar-refractivity contribution in [1.82, 2.24) is 4.98 Å². The van der Waals surface area contributed by atoms with Gasteiger partial charge < -0.3 is 5.73 Å². The highest BCUT2D eigenvalue weighted by Gasteiger charge is 2.33. The molecule has 0 saturated heterocycles. The molecule has 1 unspecified atom stereocenters. The Hall–Kier alpha value is -0.410. The molecule has 0 amide bonds. The summed E-state index contributed by atoms with van der Waals surface area (Å²) in [5.41, 5.74) is 9.39. The van der Waals surface area contributed by atoms with E-state index in [1.807, 2.05) is 5.51 Å². The van der Waals surface area contributed by atoms with E-state index in [9.17, 15) is 0 Å². The number of thiazole rings is 1. The van der Waals surface area contributed by atoms with Gasteiger partial charge in [-0.15, -0.1) is 11.3 Å². The Kier molecular flexibility index (Phi) is 2.62. The third kappa shape index (κ3) is 1.84. The van der Waals surface area contributed by atoms with E-state index in [0.29, 0.717) is 11.3 Å². The van der Waals surface area contributed by atoms with Crippen molar-refractivity contribution in [2.75, 3.05) is 6.54 Å². The van der Waals surface area contributed by atoms with Gasteiger partial charge in [-0.2, -0.15) is 0 Å². The van der Waals surface area contributed by atoms with E-state index in [1.165, 1.54) is 23.4 Å². The Morgan fingerprint density at radius 1 is 1.64 bits per heavy atom. The van der Waals surface area contributed by atoms with Crippen LogP contribution in [-0.2, 0) is 6.42 Å². The molecule has 1 atom stereocenters. The fraction of sp³-hybridized carbons (Fsp3) is 0.727. The van der Waals surface area contributed by atoms with Gasteiger partial charge in [-0.3, -0.25) is 0 Å². The van der Waals surface area contributed by atoms with Crippen molar-refractivity contribution in [2.24, 2.45) is 11.1 Å². The number of rotatable bonds is 2. The minimum Gasteiger partial charge on any atom is -0.330 e. The van der Waals surface area contributed by atoms with Crippen LogP contribution in [0.1, 0.15) is 43.2 Å². The quantitative estimate of drug-likeness (QED) is 0.814. The maximum atomic E-state index is 5.65. The van der Waals surface area contributed by atoms with Crippen molar-refractivity contribution in [3.63, 3.8) is 0 Å². The maximum Gasteiger partial charge on any atom is 0.0797 e. The fourth-order valence-electron chi connectivity index (χ4n) is 2.45.